The van der Waals surface area contributed by atoms with Crippen LogP contribution in [0.5, 0.6) is 5.75 Å². The number of ether oxygens (including phenoxy) is 1. The molecule has 1 atom stereocenters. The minimum atomic E-state index is -3.24. The van der Waals surface area contributed by atoms with Crippen molar-refractivity contribution in [1.82, 2.24) is 19.3 Å². The summed E-state index contributed by atoms with van der Waals surface area (Å²) in [5.41, 5.74) is 0.935. The fourth-order valence-electron chi connectivity index (χ4n) is 5.01. The number of nitrogens with one attached hydrogen (secondary N) is 1. The molecule has 2 aliphatic rings. The molecule has 12 heteroatoms. The molecule has 0 aliphatic carbocycles. The molecule has 0 amide bonds. The van der Waals surface area contributed by atoms with E-state index in [-0.39, 0.29) is 41.3 Å². The zero-order valence-corrected chi connectivity index (χ0v) is 23.9. The van der Waals surface area contributed by atoms with Gasteiger partial charge in [0.05, 0.1) is 24.2 Å². The minimum absolute atomic E-state index is 0.0555. The van der Waals surface area contributed by atoms with Crippen molar-refractivity contribution in [3.63, 3.8) is 0 Å². The Hall–Kier alpha value is -3.38. The van der Waals surface area contributed by atoms with Gasteiger partial charge in [-0.1, -0.05) is 13.0 Å². The van der Waals surface area contributed by atoms with E-state index >= 15 is 4.39 Å². The second-order valence-corrected chi connectivity index (χ2v) is 13.1. The molecule has 0 spiro atoms. The molecule has 1 unspecified atom stereocenters. The van der Waals surface area contributed by atoms with Crippen LogP contribution in [-0.2, 0) is 16.6 Å². The molecule has 1 aromatic carbocycles. The van der Waals surface area contributed by atoms with Gasteiger partial charge in [-0.15, -0.1) is 0 Å². The van der Waals surface area contributed by atoms with Gasteiger partial charge in [-0.3, -0.25) is 0 Å². The Kier molecular flexibility index (Phi) is 7.66. The first-order valence-corrected chi connectivity index (χ1v) is 15.1. The summed E-state index contributed by atoms with van der Waals surface area (Å²) >= 11 is 0. The summed E-state index contributed by atoms with van der Waals surface area (Å²) in [5.74, 6) is -0.478. The van der Waals surface area contributed by atoms with Gasteiger partial charge in [0.1, 0.15) is 17.1 Å². The Morgan fingerprint density at radius 2 is 1.93 bits per heavy atom. The van der Waals surface area contributed by atoms with E-state index in [0.29, 0.717) is 31.0 Å². The molecule has 1 saturated heterocycles. The molecule has 40 heavy (non-hydrogen) atoms. The van der Waals surface area contributed by atoms with Gasteiger partial charge in [-0.25, -0.2) is 32.2 Å². The number of pyridine rings is 1. The fraction of sp³-hybridized carbons (Fsp3) is 0.464. The molecule has 214 valence electrons. The van der Waals surface area contributed by atoms with Crippen molar-refractivity contribution in [3.8, 4) is 17.0 Å². The largest absolute Gasteiger partial charge is 0.481 e. The van der Waals surface area contributed by atoms with Crippen molar-refractivity contribution in [2.24, 2.45) is 0 Å². The highest BCUT2D eigenvalue weighted by molar-refractivity contribution is 7.89. The molecular formula is C28H34F2N6O3S. The number of aromatic nitrogens is 3. The van der Waals surface area contributed by atoms with E-state index in [9.17, 15) is 12.8 Å². The van der Waals surface area contributed by atoms with E-state index in [1.54, 1.807) is 24.4 Å². The zero-order chi connectivity index (χ0) is 28.7. The van der Waals surface area contributed by atoms with Crippen molar-refractivity contribution in [3.05, 3.63) is 53.9 Å². The van der Waals surface area contributed by atoms with Crippen molar-refractivity contribution in [1.29, 1.82) is 0 Å². The van der Waals surface area contributed by atoms with E-state index in [0.717, 1.165) is 24.6 Å². The monoisotopic (exact) mass is 572 g/mol. The van der Waals surface area contributed by atoms with Gasteiger partial charge in [0.2, 0.25) is 16.0 Å². The highest BCUT2D eigenvalue weighted by atomic mass is 32.2. The molecule has 1 fully saturated rings. The Balaban J connectivity index is 1.39. The van der Waals surface area contributed by atoms with E-state index in [2.05, 4.69) is 39.0 Å². The fourth-order valence-corrected chi connectivity index (χ4v) is 6.59. The average Bonchev–Trinajstić information content (AvgIpc) is 2.91. The SMILES string of the molecule is CCC(C)N1CC(C)(C)Oc2c(F)cc(-c3nc(Nc4ccc(CN5CCCCS5(=O)=O)cn4)ncc3F)cc21. The lowest BCUT2D eigenvalue weighted by atomic mass is 10.00. The molecule has 2 aliphatic heterocycles. The lowest BCUT2D eigenvalue weighted by Gasteiger charge is -2.44. The highest BCUT2D eigenvalue weighted by Gasteiger charge is 2.36. The first kappa shape index (κ1) is 28.2. The second kappa shape index (κ2) is 10.9. The zero-order valence-electron chi connectivity index (χ0n) is 23.1. The van der Waals surface area contributed by atoms with Crippen molar-refractivity contribution >= 4 is 27.5 Å². The summed E-state index contributed by atoms with van der Waals surface area (Å²) < 4.78 is 62.3. The van der Waals surface area contributed by atoms with E-state index in [4.69, 9.17) is 4.74 Å². The van der Waals surface area contributed by atoms with E-state index in [1.807, 2.05) is 13.8 Å². The molecule has 0 radical (unpaired) electrons. The summed E-state index contributed by atoms with van der Waals surface area (Å²) in [5, 5.41) is 2.95. The summed E-state index contributed by atoms with van der Waals surface area (Å²) in [6, 6.07) is 6.50. The topological polar surface area (TPSA) is 101 Å². The standard InChI is InChI=1S/C28H34F2N6O3S/c1-5-18(2)36-17-28(3,4)39-26-21(29)12-20(13-23(26)36)25-22(30)15-32-27(34-25)33-24-9-8-19(14-31-24)16-35-10-6-7-11-40(35,37)38/h8-9,12-15,18H,5-7,10-11,16-17H2,1-4H3,(H,31,32,33,34). The van der Waals surface area contributed by atoms with Crippen LogP contribution < -0.4 is 15.0 Å². The predicted molar refractivity (Wildman–Crippen MR) is 150 cm³/mol. The van der Waals surface area contributed by atoms with E-state index in [1.165, 1.54) is 10.4 Å². The Morgan fingerprint density at radius 1 is 1.12 bits per heavy atom. The highest BCUT2D eigenvalue weighted by Crippen LogP contribution is 2.43. The summed E-state index contributed by atoms with van der Waals surface area (Å²) in [7, 11) is -3.24. The van der Waals surface area contributed by atoms with Gasteiger partial charge in [0, 0.05) is 30.9 Å². The number of halogens is 2. The first-order chi connectivity index (χ1) is 19.0. The van der Waals surface area contributed by atoms with Gasteiger partial charge < -0.3 is 15.0 Å². The van der Waals surface area contributed by atoms with Crippen LogP contribution >= 0.6 is 0 Å². The maximum Gasteiger partial charge on any atom is 0.229 e. The average molecular weight is 573 g/mol. The number of hydrogen-bond donors (Lipinski definition) is 1. The smallest absolute Gasteiger partial charge is 0.229 e. The summed E-state index contributed by atoms with van der Waals surface area (Å²) in [6.07, 6.45) is 4.98. The number of nitrogens with zero attached hydrogens (tertiary/aromatic N) is 5. The molecule has 3 aromatic rings. The third kappa shape index (κ3) is 5.87. The number of sulfonamides is 1. The molecule has 0 saturated carbocycles. The Morgan fingerprint density at radius 3 is 2.62 bits per heavy atom. The normalized spacial score (nSPS) is 19.0. The van der Waals surface area contributed by atoms with Crippen LogP contribution in [0.25, 0.3) is 11.3 Å². The van der Waals surface area contributed by atoms with Crippen molar-refractivity contribution in [2.45, 2.75) is 65.1 Å². The molecular weight excluding hydrogens is 538 g/mol. The first-order valence-electron chi connectivity index (χ1n) is 13.5. The maximum atomic E-state index is 15.4. The number of hydrogen-bond acceptors (Lipinski definition) is 8. The quantitative estimate of drug-likeness (QED) is 0.409. The molecule has 5 rings (SSSR count). The Bertz CT molecular complexity index is 1500. The molecule has 4 heterocycles. The third-order valence-corrected chi connectivity index (χ3v) is 9.18. The molecule has 0 bridgehead atoms. The minimum Gasteiger partial charge on any atom is -0.481 e. The van der Waals surface area contributed by atoms with Gasteiger partial charge in [-0.05, 0) is 63.8 Å². The summed E-state index contributed by atoms with van der Waals surface area (Å²) in [4.78, 5) is 14.8. The van der Waals surface area contributed by atoms with Crippen molar-refractivity contribution in [2.75, 3.05) is 29.1 Å². The number of anilines is 3. The van der Waals surface area contributed by atoms with Crippen molar-refractivity contribution < 1.29 is 21.9 Å². The number of benzene rings is 1. The third-order valence-electron chi connectivity index (χ3n) is 7.28. The Labute approximate surface area is 233 Å². The van der Waals surface area contributed by atoms with E-state index < -0.39 is 27.3 Å². The predicted octanol–water partition coefficient (Wildman–Crippen LogP) is 5.26. The van der Waals surface area contributed by atoms with Crippen LogP contribution in [0.3, 0.4) is 0 Å². The second-order valence-electron chi connectivity index (χ2n) is 11.0. The van der Waals surface area contributed by atoms with Crippen LogP contribution in [0.2, 0.25) is 0 Å². The molecule has 9 nitrogen and oxygen atoms in total. The molecule has 2 aromatic heterocycles. The number of rotatable bonds is 7. The van der Waals surface area contributed by atoms with Gasteiger partial charge >= 0.3 is 0 Å². The lowest BCUT2D eigenvalue weighted by molar-refractivity contribution is 0.0960. The van der Waals surface area contributed by atoms with Crippen LogP contribution in [-0.4, -0.2) is 58.2 Å². The van der Waals surface area contributed by atoms with Crippen LogP contribution in [0.4, 0.5) is 26.2 Å². The van der Waals surface area contributed by atoms with Gasteiger partial charge in [0.25, 0.3) is 0 Å². The maximum absolute atomic E-state index is 15.4. The van der Waals surface area contributed by atoms with Gasteiger partial charge in [0.15, 0.2) is 17.4 Å². The van der Waals surface area contributed by atoms with Gasteiger partial charge in [-0.2, -0.15) is 4.31 Å². The number of fused-ring (bicyclic) bond motifs is 1. The molecule has 1 N–H and O–H groups in total. The summed E-state index contributed by atoms with van der Waals surface area (Å²) in [6.45, 7) is 9.26. The van der Waals surface area contributed by atoms with Crippen LogP contribution in [0, 0.1) is 11.6 Å². The lowest BCUT2D eigenvalue weighted by Crippen LogP contribution is -2.50. The van der Waals surface area contributed by atoms with Crippen LogP contribution in [0.15, 0.2) is 36.7 Å². The van der Waals surface area contributed by atoms with Crippen LogP contribution in [0.1, 0.15) is 52.5 Å².